The maximum absolute atomic E-state index is 12.3. The molecule has 1 N–H and O–H groups in total. The molecule has 2 aromatic carbocycles. The van der Waals surface area contributed by atoms with E-state index in [1.54, 1.807) is 0 Å². The van der Waals surface area contributed by atoms with E-state index in [1.807, 2.05) is 48.5 Å². The van der Waals surface area contributed by atoms with E-state index < -0.39 is 0 Å². The van der Waals surface area contributed by atoms with Gasteiger partial charge in [-0.1, -0.05) is 36.0 Å². The van der Waals surface area contributed by atoms with Crippen molar-refractivity contribution in [2.24, 2.45) is 0 Å². The van der Waals surface area contributed by atoms with Gasteiger partial charge in [0.1, 0.15) is 5.65 Å². The Balaban J connectivity index is 1.46. The predicted molar refractivity (Wildman–Crippen MR) is 111 cm³/mol. The van der Waals surface area contributed by atoms with E-state index in [2.05, 4.69) is 9.72 Å². The third-order valence-electron chi connectivity index (χ3n) is 5.00. The van der Waals surface area contributed by atoms with Crippen molar-refractivity contribution < 1.29 is 9.53 Å². The number of nitrogens with zero attached hydrogens (tertiary/aromatic N) is 3. The second-order valence-electron chi connectivity index (χ2n) is 6.90. The van der Waals surface area contributed by atoms with Gasteiger partial charge in [0.15, 0.2) is 5.16 Å². The number of amides is 1. The summed E-state index contributed by atoms with van der Waals surface area (Å²) in [7, 11) is 0. The summed E-state index contributed by atoms with van der Waals surface area (Å²) in [5.41, 5.74) is 3.67. The van der Waals surface area contributed by atoms with Crippen molar-refractivity contribution in [2.75, 3.05) is 18.9 Å². The van der Waals surface area contributed by atoms with Gasteiger partial charge in [-0.25, -0.2) is 9.97 Å². The molecule has 0 spiro atoms. The van der Waals surface area contributed by atoms with Crippen LogP contribution in [0.15, 0.2) is 53.7 Å². The number of carbonyl (C=O) groups is 1. The lowest BCUT2D eigenvalue weighted by atomic mass is 10.2. The molecular formula is C21H20N4O2S. The number of para-hydroxylation sites is 3. The first-order valence-electron chi connectivity index (χ1n) is 9.46. The van der Waals surface area contributed by atoms with Crippen LogP contribution in [0.2, 0.25) is 0 Å². The molecule has 142 valence electrons. The number of carbonyl (C=O) groups excluding carboxylic acids is 1. The van der Waals surface area contributed by atoms with E-state index in [0.29, 0.717) is 12.3 Å². The highest BCUT2D eigenvalue weighted by atomic mass is 32.2. The van der Waals surface area contributed by atoms with Crippen molar-refractivity contribution in [1.29, 1.82) is 0 Å². The van der Waals surface area contributed by atoms with Crippen LogP contribution in [-0.2, 0) is 9.53 Å². The Kier molecular flexibility index (Phi) is 4.62. The van der Waals surface area contributed by atoms with Gasteiger partial charge in [-0.3, -0.25) is 9.20 Å². The highest BCUT2D eigenvalue weighted by Crippen LogP contribution is 2.28. The van der Waals surface area contributed by atoms with Crippen LogP contribution in [0.1, 0.15) is 12.8 Å². The molecular weight excluding hydrogens is 372 g/mol. The first kappa shape index (κ1) is 17.5. The Morgan fingerprint density at radius 3 is 2.82 bits per heavy atom. The predicted octanol–water partition coefficient (Wildman–Crippen LogP) is 3.42. The number of ether oxygens (including phenoxy) is 1. The van der Waals surface area contributed by atoms with Gasteiger partial charge in [-0.15, -0.1) is 0 Å². The lowest BCUT2D eigenvalue weighted by molar-refractivity contribution is -0.119. The highest BCUT2D eigenvalue weighted by molar-refractivity contribution is 7.99. The summed E-state index contributed by atoms with van der Waals surface area (Å²) in [5, 5.41) is 4.75. The summed E-state index contributed by atoms with van der Waals surface area (Å²) in [4.78, 5) is 22.0. The van der Waals surface area contributed by atoms with Crippen molar-refractivity contribution in [1.82, 2.24) is 19.7 Å². The number of benzene rings is 2. The molecule has 0 saturated carbocycles. The molecule has 6 nitrogen and oxygen atoms in total. The fourth-order valence-electron chi connectivity index (χ4n) is 3.62. The van der Waals surface area contributed by atoms with Crippen LogP contribution in [0, 0.1) is 0 Å². The van der Waals surface area contributed by atoms with Crippen LogP contribution in [0.3, 0.4) is 0 Å². The van der Waals surface area contributed by atoms with Crippen molar-refractivity contribution in [3.63, 3.8) is 0 Å². The quantitative estimate of drug-likeness (QED) is 0.416. The average Bonchev–Trinajstić information content (AvgIpc) is 3.38. The largest absolute Gasteiger partial charge is 0.376 e. The van der Waals surface area contributed by atoms with Crippen LogP contribution >= 0.6 is 11.8 Å². The van der Waals surface area contributed by atoms with Crippen molar-refractivity contribution in [2.45, 2.75) is 24.1 Å². The van der Waals surface area contributed by atoms with Crippen LogP contribution < -0.4 is 5.32 Å². The Hall–Kier alpha value is -2.64. The summed E-state index contributed by atoms with van der Waals surface area (Å²) in [6.07, 6.45) is 2.24. The third-order valence-corrected chi connectivity index (χ3v) is 5.93. The van der Waals surface area contributed by atoms with E-state index in [0.717, 1.165) is 52.2 Å². The van der Waals surface area contributed by atoms with E-state index in [4.69, 9.17) is 14.7 Å². The molecule has 1 fully saturated rings. The number of nitrogens with one attached hydrogen (secondary N) is 1. The minimum atomic E-state index is -0.00645. The SMILES string of the molecule is O=C(CSc1nc2ccccc2c2nc3ccccc3n12)NCC1CCCO1. The van der Waals surface area contributed by atoms with Crippen molar-refractivity contribution in [3.05, 3.63) is 48.5 Å². The van der Waals surface area contributed by atoms with E-state index in [9.17, 15) is 4.79 Å². The fourth-order valence-corrected chi connectivity index (χ4v) is 4.46. The number of imidazole rings is 1. The summed E-state index contributed by atoms with van der Waals surface area (Å²) in [5.74, 6) is 0.299. The monoisotopic (exact) mass is 392 g/mol. The number of fused-ring (bicyclic) bond motifs is 5. The zero-order chi connectivity index (χ0) is 18.9. The number of hydrogen-bond donors (Lipinski definition) is 1. The lowest BCUT2D eigenvalue weighted by Crippen LogP contribution is -2.32. The number of thioether (sulfide) groups is 1. The van der Waals surface area contributed by atoms with Crippen LogP contribution in [-0.4, -0.2) is 45.3 Å². The third kappa shape index (κ3) is 3.21. The molecule has 1 aliphatic heterocycles. The number of aromatic nitrogens is 3. The van der Waals surface area contributed by atoms with Crippen LogP contribution in [0.25, 0.3) is 27.6 Å². The lowest BCUT2D eigenvalue weighted by Gasteiger charge is -2.11. The number of hydrogen-bond acceptors (Lipinski definition) is 5. The standard InChI is InChI=1S/C21H20N4O2S/c26-19(22-12-14-6-5-11-27-14)13-28-21-24-16-8-2-1-7-15(16)20-23-17-9-3-4-10-18(17)25(20)21/h1-4,7-10,14H,5-6,11-13H2,(H,22,26). The summed E-state index contributed by atoms with van der Waals surface area (Å²) >= 11 is 1.43. The van der Waals surface area contributed by atoms with Gasteiger partial charge in [0.2, 0.25) is 5.91 Å². The molecule has 1 amide bonds. The van der Waals surface area contributed by atoms with Gasteiger partial charge in [0.05, 0.1) is 28.4 Å². The zero-order valence-corrected chi connectivity index (χ0v) is 16.1. The average molecular weight is 392 g/mol. The maximum Gasteiger partial charge on any atom is 0.230 e. The zero-order valence-electron chi connectivity index (χ0n) is 15.3. The summed E-state index contributed by atoms with van der Waals surface area (Å²) in [6.45, 7) is 1.37. The molecule has 28 heavy (non-hydrogen) atoms. The Morgan fingerprint density at radius 1 is 1.14 bits per heavy atom. The molecule has 7 heteroatoms. The molecule has 0 aliphatic carbocycles. The number of rotatable bonds is 5. The van der Waals surface area contributed by atoms with Crippen LogP contribution in [0.4, 0.5) is 0 Å². The topological polar surface area (TPSA) is 68.5 Å². The van der Waals surface area contributed by atoms with Gasteiger partial charge in [-0.05, 0) is 37.1 Å². The normalized spacial score (nSPS) is 16.9. The second-order valence-corrected chi connectivity index (χ2v) is 7.84. The molecule has 3 heterocycles. The minimum Gasteiger partial charge on any atom is -0.376 e. The smallest absolute Gasteiger partial charge is 0.230 e. The Labute approximate surface area is 166 Å². The molecule has 1 aliphatic rings. The van der Waals surface area contributed by atoms with E-state index in [-0.39, 0.29) is 12.0 Å². The molecule has 4 aromatic rings. The van der Waals surface area contributed by atoms with Gasteiger partial charge in [0, 0.05) is 18.5 Å². The molecule has 5 rings (SSSR count). The maximum atomic E-state index is 12.3. The summed E-state index contributed by atoms with van der Waals surface area (Å²) < 4.78 is 7.61. The van der Waals surface area contributed by atoms with E-state index in [1.165, 1.54) is 11.8 Å². The van der Waals surface area contributed by atoms with E-state index >= 15 is 0 Å². The molecule has 2 aromatic heterocycles. The van der Waals surface area contributed by atoms with Gasteiger partial charge in [-0.2, -0.15) is 0 Å². The molecule has 1 atom stereocenters. The van der Waals surface area contributed by atoms with Crippen LogP contribution in [0.5, 0.6) is 0 Å². The Morgan fingerprint density at radius 2 is 1.96 bits per heavy atom. The molecule has 1 unspecified atom stereocenters. The van der Waals surface area contributed by atoms with Gasteiger partial charge >= 0.3 is 0 Å². The highest BCUT2D eigenvalue weighted by Gasteiger charge is 2.18. The van der Waals surface area contributed by atoms with Gasteiger partial charge in [0.25, 0.3) is 0 Å². The first-order valence-corrected chi connectivity index (χ1v) is 10.5. The Bertz CT molecular complexity index is 1170. The fraction of sp³-hybridized carbons (Fsp3) is 0.286. The van der Waals surface area contributed by atoms with Crippen molar-refractivity contribution >= 4 is 45.3 Å². The molecule has 0 radical (unpaired) electrons. The van der Waals surface area contributed by atoms with Gasteiger partial charge < -0.3 is 10.1 Å². The molecule has 0 bridgehead atoms. The second kappa shape index (κ2) is 7.41. The first-order chi connectivity index (χ1) is 13.8. The molecule has 1 saturated heterocycles. The summed E-state index contributed by atoms with van der Waals surface area (Å²) in [6, 6.07) is 16.0. The minimum absolute atomic E-state index is 0.00645. The van der Waals surface area contributed by atoms with Crippen molar-refractivity contribution in [3.8, 4) is 0 Å².